The van der Waals surface area contributed by atoms with Crippen LogP contribution in [0, 0.1) is 0 Å². The van der Waals surface area contributed by atoms with Crippen LogP contribution in [0.25, 0.3) is 20.7 Å². The van der Waals surface area contributed by atoms with E-state index >= 15 is 0 Å². The van der Waals surface area contributed by atoms with Gasteiger partial charge in [-0.1, -0.05) is 48.5 Å². The van der Waals surface area contributed by atoms with E-state index in [1.807, 2.05) is 60.7 Å². The standard InChI is InChI=1S/C22H17N3O2S/c26-20(25-11-10-15-6-4-5-9-18(15)25)13-24-14-23-21-17(22(24)27)12-19(28-21)16-7-2-1-3-8-16/h1-9,12,14H,10-11,13H2. The van der Waals surface area contributed by atoms with Gasteiger partial charge in [-0.25, -0.2) is 4.98 Å². The van der Waals surface area contributed by atoms with Crippen molar-refractivity contribution in [1.29, 1.82) is 0 Å². The predicted octanol–water partition coefficient (Wildman–Crippen LogP) is 3.71. The lowest BCUT2D eigenvalue weighted by atomic mass is 10.2. The number of nitrogens with zero attached hydrogens (tertiary/aromatic N) is 3. The Kier molecular flexibility index (Phi) is 4.06. The Labute approximate surface area is 165 Å². The second-order valence-corrected chi connectivity index (χ2v) is 7.83. The van der Waals surface area contributed by atoms with Crippen LogP contribution in [0.4, 0.5) is 5.69 Å². The monoisotopic (exact) mass is 387 g/mol. The second-order valence-electron chi connectivity index (χ2n) is 6.80. The fourth-order valence-corrected chi connectivity index (χ4v) is 4.64. The van der Waals surface area contributed by atoms with Crippen molar-refractivity contribution in [3.63, 3.8) is 0 Å². The Morgan fingerprint density at radius 1 is 1.07 bits per heavy atom. The molecule has 2 aromatic heterocycles. The van der Waals surface area contributed by atoms with Crippen LogP contribution in [-0.4, -0.2) is 22.0 Å². The quantitative estimate of drug-likeness (QED) is 0.538. The number of thiophene rings is 1. The van der Waals surface area contributed by atoms with Crippen molar-refractivity contribution >= 4 is 33.1 Å². The minimum Gasteiger partial charge on any atom is -0.310 e. The zero-order valence-electron chi connectivity index (χ0n) is 15.0. The first-order valence-electron chi connectivity index (χ1n) is 9.13. The van der Waals surface area contributed by atoms with Gasteiger partial charge < -0.3 is 4.90 Å². The third kappa shape index (κ3) is 2.82. The van der Waals surface area contributed by atoms with Gasteiger partial charge in [-0.05, 0) is 29.7 Å². The molecule has 0 unspecified atom stereocenters. The highest BCUT2D eigenvalue weighted by atomic mass is 32.1. The van der Waals surface area contributed by atoms with Crippen molar-refractivity contribution in [1.82, 2.24) is 9.55 Å². The van der Waals surface area contributed by atoms with E-state index in [0.29, 0.717) is 16.8 Å². The van der Waals surface area contributed by atoms with E-state index in [0.717, 1.165) is 22.5 Å². The summed E-state index contributed by atoms with van der Waals surface area (Å²) in [6.45, 7) is 0.645. The van der Waals surface area contributed by atoms with Gasteiger partial charge in [0.1, 0.15) is 11.4 Å². The van der Waals surface area contributed by atoms with E-state index in [2.05, 4.69) is 4.98 Å². The summed E-state index contributed by atoms with van der Waals surface area (Å²) in [6, 6.07) is 19.7. The van der Waals surface area contributed by atoms with Gasteiger partial charge in [-0.15, -0.1) is 11.3 Å². The van der Waals surface area contributed by atoms with Crippen molar-refractivity contribution in [2.75, 3.05) is 11.4 Å². The average molecular weight is 387 g/mol. The van der Waals surface area contributed by atoms with Crippen LogP contribution in [0.2, 0.25) is 0 Å². The minimum atomic E-state index is -0.177. The number of anilines is 1. The number of carbonyl (C=O) groups excluding carboxylic acids is 1. The van der Waals surface area contributed by atoms with Crippen LogP contribution in [0.15, 0.2) is 71.8 Å². The van der Waals surface area contributed by atoms with Gasteiger partial charge in [0.15, 0.2) is 0 Å². The Hall–Kier alpha value is -3.25. The SMILES string of the molecule is O=C(Cn1cnc2sc(-c3ccccc3)cc2c1=O)N1CCc2ccccc21. The van der Waals surface area contributed by atoms with Crippen LogP contribution < -0.4 is 10.5 Å². The number of para-hydroxylation sites is 1. The van der Waals surface area contributed by atoms with Crippen LogP contribution in [-0.2, 0) is 17.8 Å². The molecule has 0 spiro atoms. The smallest absolute Gasteiger partial charge is 0.262 e. The number of hydrogen-bond acceptors (Lipinski definition) is 4. The predicted molar refractivity (Wildman–Crippen MR) is 112 cm³/mol. The molecule has 2 aromatic carbocycles. The van der Waals surface area contributed by atoms with Crippen molar-refractivity contribution in [2.24, 2.45) is 0 Å². The number of rotatable bonds is 3. The van der Waals surface area contributed by atoms with E-state index in [-0.39, 0.29) is 18.0 Å². The first-order chi connectivity index (χ1) is 13.7. The molecule has 4 aromatic rings. The summed E-state index contributed by atoms with van der Waals surface area (Å²) in [7, 11) is 0. The van der Waals surface area contributed by atoms with Gasteiger partial charge in [0.25, 0.3) is 5.56 Å². The lowest BCUT2D eigenvalue weighted by molar-refractivity contribution is -0.119. The second kappa shape index (κ2) is 6.73. The van der Waals surface area contributed by atoms with Crippen molar-refractivity contribution in [3.05, 3.63) is 82.9 Å². The lowest BCUT2D eigenvalue weighted by Crippen LogP contribution is -2.35. The normalized spacial score (nSPS) is 13.1. The lowest BCUT2D eigenvalue weighted by Gasteiger charge is -2.17. The largest absolute Gasteiger partial charge is 0.310 e. The zero-order chi connectivity index (χ0) is 19.1. The fraction of sp³-hybridized carbons (Fsp3) is 0.136. The summed E-state index contributed by atoms with van der Waals surface area (Å²) in [5.41, 5.74) is 2.99. The molecule has 0 bridgehead atoms. The Morgan fingerprint density at radius 2 is 1.86 bits per heavy atom. The first kappa shape index (κ1) is 16.9. The Morgan fingerprint density at radius 3 is 2.71 bits per heavy atom. The van der Waals surface area contributed by atoms with E-state index in [1.54, 1.807) is 4.90 Å². The Balaban J connectivity index is 1.46. The molecule has 28 heavy (non-hydrogen) atoms. The van der Waals surface area contributed by atoms with Crippen molar-refractivity contribution in [3.8, 4) is 10.4 Å². The van der Waals surface area contributed by atoms with E-state index in [4.69, 9.17) is 0 Å². The molecule has 0 saturated carbocycles. The summed E-state index contributed by atoms with van der Waals surface area (Å²) in [4.78, 5) is 33.6. The van der Waals surface area contributed by atoms with Crippen LogP contribution in [0.5, 0.6) is 0 Å². The molecule has 6 heteroatoms. The van der Waals surface area contributed by atoms with Gasteiger partial charge >= 0.3 is 0 Å². The molecule has 3 heterocycles. The first-order valence-corrected chi connectivity index (χ1v) is 9.95. The average Bonchev–Trinajstić information content (AvgIpc) is 3.35. The number of amides is 1. The van der Waals surface area contributed by atoms with Crippen molar-refractivity contribution < 1.29 is 4.79 Å². The Bertz CT molecular complexity index is 1240. The minimum absolute atomic E-state index is 0.00732. The molecule has 1 aliphatic rings. The number of benzene rings is 2. The molecule has 138 valence electrons. The molecule has 5 rings (SSSR count). The van der Waals surface area contributed by atoms with Gasteiger partial charge in [0.2, 0.25) is 5.91 Å². The molecule has 0 radical (unpaired) electrons. The zero-order valence-corrected chi connectivity index (χ0v) is 15.9. The molecule has 1 aliphatic heterocycles. The van der Waals surface area contributed by atoms with Crippen LogP contribution in [0.3, 0.4) is 0 Å². The molecular formula is C22H17N3O2S. The molecule has 0 atom stereocenters. The van der Waals surface area contributed by atoms with E-state index < -0.39 is 0 Å². The molecule has 5 nitrogen and oxygen atoms in total. The van der Waals surface area contributed by atoms with Gasteiger partial charge in [0, 0.05) is 17.1 Å². The molecule has 0 aliphatic carbocycles. The summed E-state index contributed by atoms with van der Waals surface area (Å²) in [6.07, 6.45) is 2.33. The third-order valence-electron chi connectivity index (χ3n) is 5.07. The van der Waals surface area contributed by atoms with E-state index in [1.165, 1.54) is 27.8 Å². The summed E-state index contributed by atoms with van der Waals surface area (Å²) in [5.74, 6) is -0.0910. The molecule has 0 N–H and O–H groups in total. The highest BCUT2D eigenvalue weighted by Gasteiger charge is 2.24. The van der Waals surface area contributed by atoms with Crippen LogP contribution in [0.1, 0.15) is 5.56 Å². The van der Waals surface area contributed by atoms with Crippen molar-refractivity contribution in [2.45, 2.75) is 13.0 Å². The van der Waals surface area contributed by atoms with Gasteiger partial charge in [-0.2, -0.15) is 0 Å². The number of carbonyl (C=O) groups is 1. The highest BCUT2D eigenvalue weighted by Crippen LogP contribution is 2.31. The van der Waals surface area contributed by atoms with E-state index in [9.17, 15) is 9.59 Å². The number of fused-ring (bicyclic) bond motifs is 2. The molecular weight excluding hydrogens is 370 g/mol. The van der Waals surface area contributed by atoms with Crippen LogP contribution >= 0.6 is 11.3 Å². The summed E-state index contributed by atoms with van der Waals surface area (Å²) in [5, 5.41) is 0.556. The van der Waals surface area contributed by atoms with Gasteiger partial charge in [-0.3, -0.25) is 14.2 Å². The van der Waals surface area contributed by atoms with Gasteiger partial charge in [0.05, 0.1) is 11.7 Å². The molecule has 0 fully saturated rings. The maximum Gasteiger partial charge on any atom is 0.262 e. The number of hydrogen-bond donors (Lipinski definition) is 0. The molecule has 1 amide bonds. The summed E-state index contributed by atoms with van der Waals surface area (Å²) >= 11 is 1.49. The highest BCUT2D eigenvalue weighted by molar-refractivity contribution is 7.21. The fourth-order valence-electron chi connectivity index (χ4n) is 3.65. The number of aromatic nitrogens is 2. The maximum atomic E-state index is 12.9. The topological polar surface area (TPSA) is 55.2 Å². The molecule has 0 saturated heterocycles. The summed E-state index contributed by atoms with van der Waals surface area (Å²) < 4.78 is 1.41. The third-order valence-corrected chi connectivity index (χ3v) is 6.16. The maximum absolute atomic E-state index is 12.9.